The van der Waals surface area contributed by atoms with Crippen molar-refractivity contribution in [2.75, 3.05) is 0 Å². The van der Waals surface area contributed by atoms with E-state index >= 15 is 0 Å². The number of carbonyl (C=O) groups excluding carboxylic acids is 4. The molecule has 2 fully saturated rings. The maximum atomic E-state index is 12.8. The number of amides is 4. The highest BCUT2D eigenvalue weighted by Crippen LogP contribution is 2.28. The first-order chi connectivity index (χ1) is 14.5. The van der Waals surface area contributed by atoms with E-state index in [0.717, 1.165) is 36.8 Å². The Morgan fingerprint density at radius 3 is 2.60 bits per heavy atom. The van der Waals surface area contributed by atoms with Crippen LogP contribution < -0.4 is 10.6 Å². The van der Waals surface area contributed by atoms with E-state index in [1.807, 2.05) is 26.0 Å². The van der Waals surface area contributed by atoms with Crippen LogP contribution in [-0.4, -0.2) is 40.8 Å². The fourth-order valence-electron chi connectivity index (χ4n) is 4.12. The Bertz CT molecular complexity index is 832. The highest BCUT2D eigenvalue weighted by atomic mass is 16.5. The predicted molar refractivity (Wildman–Crippen MR) is 109 cm³/mol. The minimum atomic E-state index is -0.630. The molecule has 0 radical (unpaired) electrons. The van der Waals surface area contributed by atoms with Gasteiger partial charge in [0.15, 0.2) is 0 Å². The van der Waals surface area contributed by atoms with Crippen molar-refractivity contribution < 1.29 is 23.9 Å². The zero-order valence-electron chi connectivity index (χ0n) is 17.5. The molecular weight excluding hydrogens is 386 g/mol. The summed E-state index contributed by atoms with van der Waals surface area (Å²) < 4.78 is 5.28. The highest BCUT2D eigenvalue weighted by molar-refractivity contribution is 6.05. The molecule has 1 saturated heterocycles. The predicted octanol–water partition coefficient (Wildman–Crippen LogP) is 2.64. The van der Waals surface area contributed by atoms with E-state index in [1.54, 1.807) is 6.07 Å². The molecule has 2 N–H and O–H groups in total. The summed E-state index contributed by atoms with van der Waals surface area (Å²) in [6.07, 6.45) is 4.34. The standard InChI is InChI=1S/C20H23N3O5.C2H6/c24-17-8-7-16(18(25)22-17)23-10-13-6-5-12(9-15(13)19(23)26)11-28-20(27)21-14-3-1-2-4-14;1-2/h5-6,9,14,16H,1-4,7-8,10-11H2,(H,21,27)(H,22,24,25);1-2H3. The Balaban J connectivity index is 0.00000124. The third-order valence-electron chi connectivity index (χ3n) is 5.64. The van der Waals surface area contributed by atoms with Gasteiger partial charge in [0.1, 0.15) is 12.6 Å². The van der Waals surface area contributed by atoms with Gasteiger partial charge in [0.2, 0.25) is 11.8 Å². The summed E-state index contributed by atoms with van der Waals surface area (Å²) in [6, 6.07) is 4.92. The van der Waals surface area contributed by atoms with Crippen LogP contribution in [-0.2, 0) is 27.5 Å². The van der Waals surface area contributed by atoms with Gasteiger partial charge in [-0.1, -0.05) is 38.8 Å². The van der Waals surface area contributed by atoms with Crippen LogP contribution in [0.2, 0.25) is 0 Å². The average Bonchev–Trinajstić information content (AvgIpc) is 3.36. The molecule has 1 atom stereocenters. The van der Waals surface area contributed by atoms with Gasteiger partial charge in [0.25, 0.3) is 5.91 Å². The number of carbonyl (C=O) groups is 4. The molecule has 0 bridgehead atoms. The van der Waals surface area contributed by atoms with Gasteiger partial charge in [-0.25, -0.2) is 4.79 Å². The first kappa shape index (κ1) is 21.8. The molecule has 1 aromatic rings. The van der Waals surface area contributed by atoms with E-state index in [9.17, 15) is 19.2 Å². The molecule has 8 heteroatoms. The van der Waals surface area contributed by atoms with Crippen LogP contribution in [0.3, 0.4) is 0 Å². The molecule has 4 amide bonds. The van der Waals surface area contributed by atoms with Crippen LogP contribution in [0, 0.1) is 0 Å². The van der Waals surface area contributed by atoms with Gasteiger partial charge >= 0.3 is 6.09 Å². The summed E-state index contributed by atoms with van der Waals surface area (Å²) in [4.78, 5) is 49.6. The van der Waals surface area contributed by atoms with E-state index in [1.165, 1.54) is 4.90 Å². The Morgan fingerprint density at radius 2 is 1.90 bits per heavy atom. The van der Waals surface area contributed by atoms with Crippen LogP contribution in [0.4, 0.5) is 4.79 Å². The van der Waals surface area contributed by atoms with Crippen molar-refractivity contribution in [1.82, 2.24) is 15.5 Å². The number of nitrogens with zero attached hydrogens (tertiary/aromatic N) is 1. The van der Waals surface area contributed by atoms with Crippen molar-refractivity contribution in [2.24, 2.45) is 0 Å². The lowest BCUT2D eigenvalue weighted by Gasteiger charge is -2.29. The van der Waals surface area contributed by atoms with E-state index in [0.29, 0.717) is 18.5 Å². The van der Waals surface area contributed by atoms with Gasteiger partial charge in [-0.2, -0.15) is 0 Å². The number of hydrogen-bond donors (Lipinski definition) is 2. The summed E-state index contributed by atoms with van der Waals surface area (Å²) in [6.45, 7) is 4.42. The van der Waals surface area contributed by atoms with Crippen LogP contribution in [0.1, 0.15) is 73.9 Å². The molecule has 2 aliphatic heterocycles. The van der Waals surface area contributed by atoms with Crippen LogP contribution in [0.25, 0.3) is 0 Å². The fourth-order valence-corrected chi connectivity index (χ4v) is 4.12. The summed E-state index contributed by atoms with van der Waals surface area (Å²) in [5, 5.41) is 5.15. The molecule has 1 unspecified atom stereocenters. The van der Waals surface area contributed by atoms with E-state index in [-0.39, 0.29) is 30.9 Å². The second-order valence-electron chi connectivity index (χ2n) is 7.59. The number of nitrogens with one attached hydrogen (secondary N) is 2. The van der Waals surface area contributed by atoms with E-state index in [4.69, 9.17) is 4.74 Å². The number of ether oxygens (including phenoxy) is 1. The minimum absolute atomic E-state index is 0.0809. The van der Waals surface area contributed by atoms with Gasteiger partial charge in [0.05, 0.1) is 0 Å². The number of hydrogen-bond acceptors (Lipinski definition) is 5. The molecule has 1 aliphatic carbocycles. The Kier molecular flexibility index (Phi) is 7.07. The van der Waals surface area contributed by atoms with Gasteiger partial charge in [-0.15, -0.1) is 0 Å². The molecule has 2 heterocycles. The van der Waals surface area contributed by atoms with Crippen LogP contribution in [0.5, 0.6) is 0 Å². The number of fused-ring (bicyclic) bond motifs is 1. The van der Waals surface area contributed by atoms with Gasteiger partial charge in [-0.3, -0.25) is 19.7 Å². The normalized spacial score (nSPS) is 20.9. The molecule has 3 aliphatic rings. The first-order valence-electron chi connectivity index (χ1n) is 10.7. The monoisotopic (exact) mass is 415 g/mol. The van der Waals surface area contributed by atoms with Crippen molar-refractivity contribution in [2.45, 2.75) is 77.6 Å². The SMILES string of the molecule is CC.O=C1CCC(N2Cc3ccc(COC(=O)NC4CCCC4)cc3C2=O)C(=O)N1. The summed E-state index contributed by atoms with van der Waals surface area (Å²) in [5.41, 5.74) is 2.06. The molecule has 0 aromatic heterocycles. The number of benzene rings is 1. The zero-order valence-corrected chi connectivity index (χ0v) is 17.5. The molecular formula is C22H29N3O5. The number of rotatable bonds is 4. The van der Waals surface area contributed by atoms with Crippen molar-refractivity contribution in [3.8, 4) is 0 Å². The second-order valence-corrected chi connectivity index (χ2v) is 7.59. The molecule has 8 nitrogen and oxygen atoms in total. The largest absolute Gasteiger partial charge is 0.445 e. The van der Waals surface area contributed by atoms with E-state index < -0.39 is 18.0 Å². The van der Waals surface area contributed by atoms with Crippen molar-refractivity contribution in [3.05, 3.63) is 34.9 Å². The highest BCUT2D eigenvalue weighted by Gasteiger charge is 2.39. The summed E-state index contributed by atoms with van der Waals surface area (Å²) in [7, 11) is 0. The molecule has 4 rings (SSSR count). The average molecular weight is 415 g/mol. The molecule has 1 saturated carbocycles. The van der Waals surface area contributed by atoms with Crippen LogP contribution >= 0.6 is 0 Å². The Hall–Kier alpha value is -2.90. The molecule has 0 spiro atoms. The van der Waals surface area contributed by atoms with Crippen molar-refractivity contribution >= 4 is 23.8 Å². The molecule has 1 aromatic carbocycles. The smallest absolute Gasteiger partial charge is 0.407 e. The lowest BCUT2D eigenvalue weighted by molar-refractivity contribution is -0.136. The maximum Gasteiger partial charge on any atom is 0.407 e. The summed E-state index contributed by atoms with van der Waals surface area (Å²) >= 11 is 0. The van der Waals surface area contributed by atoms with Crippen LogP contribution in [0.15, 0.2) is 18.2 Å². The van der Waals surface area contributed by atoms with E-state index in [2.05, 4.69) is 10.6 Å². The third kappa shape index (κ3) is 4.80. The Morgan fingerprint density at radius 1 is 1.17 bits per heavy atom. The topological polar surface area (TPSA) is 105 Å². The zero-order chi connectivity index (χ0) is 21.7. The fraction of sp³-hybridized carbons (Fsp3) is 0.545. The number of alkyl carbamates (subject to hydrolysis) is 1. The third-order valence-corrected chi connectivity index (χ3v) is 5.64. The lowest BCUT2D eigenvalue weighted by atomic mass is 10.0. The Labute approximate surface area is 176 Å². The van der Waals surface area contributed by atoms with Crippen molar-refractivity contribution in [1.29, 1.82) is 0 Å². The van der Waals surface area contributed by atoms with Gasteiger partial charge < -0.3 is 15.0 Å². The van der Waals surface area contributed by atoms with Gasteiger partial charge in [-0.05, 0) is 36.5 Å². The lowest BCUT2D eigenvalue weighted by Crippen LogP contribution is -2.52. The number of imide groups is 1. The minimum Gasteiger partial charge on any atom is -0.445 e. The maximum absolute atomic E-state index is 12.8. The first-order valence-corrected chi connectivity index (χ1v) is 10.7. The second kappa shape index (κ2) is 9.73. The molecule has 162 valence electrons. The molecule has 30 heavy (non-hydrogen) atoms. The number of piperidine rings is 1. The van der Waals surface area contributed by atoms with Crippen molar-refractivity contribution in [3.63, 3.8) is 0 Å². The van der Waals surface area contributed by atoms with Gasteiger partial charge in [0, 0.05) is 24.6 Å². The summed E-state index contributed by atoms with van der Waals surface area (Å²) in [5.74, 6) is -0.966. The quantitative estimate of drug-likeness (QED) is 0.736.